The van der Waals surface area contributed by atoms with E-state index in [1.165, 1.54) is 0 Å². The number of fused-ring (bicyclic) bond motifs is 6. The molecule has 0 spiro atoms. The maximum absolute atomic E-state index is 5.38. The maximum Gasteiger partial charge on any atom is 0.163 e. The summed E-state index contributed by atoms with van der Waals surface area (Å²) in [5, 5.41) is 3.96. The summed E-state index contributed by atoms with van der Waals surface area (Å²) in [5.74, 6) is 8.17. The number of aryl methyl sites for hydroxylation is 8. The second-order valence-corrected chi connectivity index (χ2v) is 22.1. The third-order valence-corrected chi connectivity index (χ3v) is 15.8. The zero-order valence-corrected chi connectivity index (χ0v) is 49.5. The van der Waals surface area contributed by atoms with Gasteiger partial charge in [-0.1, -0.05) is 91.0 Å². The molecule has 15 aromatic rings. The molecule has 0 saturated carbocycles. The van der Waals surface area contributed by atoms with E-state index >= 15 is 0 Å². The molecule has 15 rings (SSSR count). The van der Waals surface area contributed by atoms with Crippen LogP contribution in [0.15, 0.2) is 182 Å². The van der Waals surface area contributed by atoms with Gasteiger partial charge in [0.2, 0.25) is 0 Å². The van der Waals surface area contributed by atoms with Crippen LogP contribution in [-0.2, 0) is 0 Å². The zero-order valence-electron chi connectivity index (χ0n) is 49.5. The third-order valence-electron chi connectivity index (χ3n) is 15.8. The molecule has 422 valence electrons. The van der Waals surface area contributed by atoms with E-state index in [4.69, 9.17) is 49.8 Å². The molecular formula is C72H54N16. The van der Waals surface area contributed by atoms with E-state index in [0.29, 0.717) is 75.7 Å². The van der Waals surface area contributed by atoms with Gasteiger partial charge in [0.25, 0.3) is 0 Å². The lowest BCUT2D eigenvalue weighted by molar-refractivity contribution is 0.928. The largest absolute Gasteiger partial charge is 0.309 e. The predicted octanol–water partition coefficient (Wildman–Crippen LogP) is 15.2. The van der Waals surface area contributed by atoms with Gasteiger partial charge in [-0.05, 0) is 146 Å². The summed E-state index contributed by atoms with van der Waals surface area (Å²) in [4.78, 5) is 67.4. The van der Waals surface area contributed by atoms with E-state index in [1.807, 2.05) is 91.8 Å². The van der Waals surface area contributed by atoms with E-state index in [0.717, 1.165) is 116 Å². The zero-order chi connectivity index (χ0) is 59.9. The molecule has 0 amide bonds. The lowest BCUT2D eigenvalue weighted by Gasteiger charge is -2.20. The van der Waals surface area contributed by atoms with Crippen LogP contribution in [-0.4, -0.2) is 78.9 Å². The molecule has 0 saturated heterocycles. The van der Waals surface area contributed by atoms with Crippen molar-refractivity contribution < 1.29 is 0 Å². The summed E-state index contributed by atoms with van der Waals surface area (Å²) in [6.45, 7) is 15.2. The quantitative estimate of drug-likeness (QED) is 0.126. The van der Waals surface area contributed by atoms with Crippen LogP contribution in [0.5, 0.6) is 0 Å². The van der Waals surface area contributed by atoms with Gasteiger partial charge in [0.05, 0.1) is 44.8 Å². The Morgan fingerprint density at radius 1 is 0.216 bits per heavy atom. The van der Waals surface area contributed by atoms with Gasteiger partial charge >= 0.3 is 0 Å². The standard InChI is InChI=1S/C72H54N16/c1-39-73-40(2)78-68(77-39)49-24-29-63-56(33-49)57-34-50(69-79-41(3)74-42(4)80-69)25-30-64(57)87(63)62-22-16-15-21-54(62)55-28-23-53(72-85-60(47-17-11-9-12-18-47)38-61(86-72)48-19-13-10-14-20-48)37-67(55)88-65-31-26-51(70-81-43(5)75-44(6)82-70)35-58(65)59-36-52(27-32-66(59)88)71-83-45(7)76-46(8)84-71/h9-38H,1-8H3. The summed E-state index contributed by atoms with van der Waals surface area (Å²) in [6, 6.07) is 63.7. The minimum Gasteiger partial charge on any atom is -0.309 e. The van der Waals surface area contributed by atoms with Crippen molar-refractivity contribution >= 4 is 43.6 Å². The fourth-order valence-electron chi connectivity index (χ4n) is 12.2. The average Bonchev–Trinajstić information content (AvgIpc) is 2.90. The number of benzene rings is 8. The molecule has 0 fully saturated rings. The van der Waals surface area contributed by atoms with Crippen LogP contribution in [0, 0.1) is 55.4 Å². The molecule has 7 aromatic heterocycles. The van der Waals surface area contributed by atoms with Crippen LogP contribution in [0.2, 0.25) is 0 Å². The summed E-state index contributed by atoms with van der Waals surface area (Å²) >= 11 is 0. The van der Waals surface area contributed by atoms with Crippen molar-refractivity contribution in [2.75, 3.05) is 0 Å². The summed E-state index contributed by atoms with van der Waals surface area (Å²) in [5.41, 5.74) is 15.5. The fourth-order valence-corrected chi connectivity index (χ4v) is 12.2. The van der Waals surface area contributed by atoms with Crippen molar-refractivity contribution in [3.05, 3.63) is 229 Å². The lowest BCUT2D eigenvalue weighted by Crippen LogP contribution is -2.03. The Kier molecular flexibility index (Phi) is 12.8. The molecule has 16 nitrogen and oxygen atoms in total. The number of hydrogen-bond donors (Lipinski definition) is 0. The van der Waals surface area contributed by atoms with Crippen LogP contribution >= 0.6 is 0 Å². The molecule has 88 heavy (non-hydrogen) atoms. The number of hydrogen-bond acceptors (Lipinski definition) is 14. The topological polar surface area (TPSA) is 190 Å². The second kappa shape index (κ2) is 21.2. The molecule has 0 radical (unpaired) electrons. The van der Waals surface area contributed by atoms with E-state index in [1.54, 1.807) is 0 Å². The molecule has 0 aliphatic rings. The molecule has 0 bridgehead atoms. The van der Waals surface area contributed by atoms with Crippen LogP contribution in [0.25, 0.3) is 146 Å². The summed E-state index contributed by atoms with van der Waals surface area (Å²) < 4.78 is 4.72. The monoisotopic (exact) mass is 1140 g/mol. The van der Waals surface area contributed by atoms with Gasteiger partial charge < -0.3 is 9.13 Å². The SMILES string of the molecule is Cc1nc(C)nc(-c2ccc3c(c2)c2cc(-c4nc(C)nc(C)n4)ccc2n3-c2ccccc2-c2ccc(-c3nc(-c4ccccc4)cc(-c4ccccc4)n3)cc2-n2c3ccc(-c4nc(C)nc(C)n4)cc3c3cc(-c4nc(C)nc(C)n4)ccc32)n1. The molecule has 16 heteroatoms. The van der Waals surface area contributed by atoms with Gasteiger partial charge in [-0.2, -0.15) is 0 Å². The van der Waals surface area contributed by atoms with Gasteiger partial charge in [0, 0.05) is 71.6 Å². The van der Waals surface area contributed by atoms with Crippen molar-refractivity contribution in [2.45, 2.75) is 55.4 Å². The molecular weight excluding hydrogens is 1090 g/mol. The molecule has 0 aliphatic carbocycles. The minimum atomic E-state index is 0.578. The first-order valence-electron chi connectivity index (χ1n) is 29.0. The van der Waals surface area contributed by atoms with E-state index < -0.39 is 0 Å². The highest BCUT2D eigenvalue weighted by Gasteiger charge is 2.25. The highest BCUT2D eigenvalue weighted by atomic mass is 15.1. The Morgan fingerprint density at radius 2 is 0.500 bits per heavy atom. The second-order valence-electron chi connectivity index (χ2n) is 22.1. The Bertz CT molecular complexity index is 4970. The third kappa shape index (κ3) is 9.62. The Hall–Kier alpha value is -11.5. The van der Waals surface area contributed by atoms with Crippen LogP contribution in [0.3, 0.4) is 0 Å². The summed E-state index contributed by atoms with van der Waals surface area (Å²) in [7, 11) is 0. The van der Waals surface area contributed by atoms with E-state index in [9.17, 15) is 0 Å². The first-order chi connectivity index (χ1) is 42.8. The molecule has 0 aliphatic heterocycles. The van der Waals surface area contributed by atoms with Gasteiger partial charge in [0.15, 0.2) is 29.1 Å². The number of rotatable bonds is 10. The van der Waals surface area contributed by atoms with Gasteiger partial charge in [-0.25, -0.2) is 69.8 Å². The molecule has 7 heterocycles. The van der Waals surface area contributed by atoms with Crippen LogP contribution < -0.4 is 0 Å². The number of para-hydroxylation sites is 1. The van der Waals surface area contributed by atoms with E-state index in [2.05, 4.69) is 175 Å². The van der Waals surface area contributed by atoms with E-state index in [-0.39, 0.29) is 0 Å². The van der Waals surface area contributed by atoms with Gasteiger partial charge in [-0.15, -0.1) is 0 Å². The molecule has 0 atom stereocenters. The first-order valence-corrected chi connectivity index (χ1v) is 29.0. The minimum absolute atomic E-state index is 0.578. The van der Waals surface area contributed by atoms with Crippen LogP contribution in [0.1, 0.15) is 46.6 Å². The fraction of sp³-hybridized carbons (Fsp3) is 0.111. The average molecular weight is 1140 g/mol. The van der Waals surface area contributed by atoms with Crippen molar-refractivity contribution in [1.82, 2.24) is 78.9 Å². The highest BCUT2D eigenvalue weighted by Crippen LogP contribution is 2.44. The Labute approximate surface area is 506 Å². The van der Waals surface area contributed by atoms with Crippen molar-refractivity contribution in [2.24, 2.45) is 0 Å². The Morgan fingerprint density at radius 3 is 0.864 bits per heavy atom. The van der Waals surface area contributed by atoms with Crippen molar-refractivity contribution in [1.29, 1.82) is 0 Å². The van der Waals surface area contributed by atoms with Crippen molar-refractivity contribution in [3.8, 4) is 102 Å². The highest BCUT2D eigenvalue weighted by molar-refractivity contribution is 6.14. The smallest absolute Gasteiger partial charge is 0.163 e. The Balaban J connectivity index is 1.02. The normalized spacial score (nSPS) is 11.6. The summed E-state index contributed by atoms with van der Waals surface area (Å²) in [6.07, 6.45) is 0. The predicted molar refractivity (Wildman–Crippen MR) is 346 cm³/mol. The van der Waals surface area contributed by atoms with Gasteiger partial charge in [0.1, 0.15) is 46.6 Å². The van der Waals surface area contributed by atoms with Gasteiger partial charge in [-0.3, -0.25) is 0 Å². The number of nitrogens with zero attached hydrogens (tertiary/aromatic N) is 16. The first kappa shape index (κ1) is 53.2. The lowest BCUT2D eigenvalue weighted by atomic mass is 9.98. The molecule has 0 N–H and O–H groups in total. The molecule has 0 unspecified atom stereocenters. The number of aromatic nitrogens is 16. The molecule has 8 aromatic carbocycles. The maximum atomic E-state index is 5.38. The van der Waals surface area contributed by atoms with Crippen molar-refractivity contribution in [3.63, 3.8) is 0 Å². The van der Waals surface area contributed by atoms with Crippen LogP contribution in [0.4, 0.5) is 0 Å².